The largest absolute Gasteiger partial charge is 0.494 e. The van der Waals surface area contributed by atoms with Gasteiger partial charge >= 0.3 is 6.18 Å². The molecule has 10 nitrogen and oxygen atoms in total. The molecule has 3 rings (SSSR count). The predicted octanol–water partition coefficient (Wildman–Crippen LogP) is 4.83. The first-order valence-electron chi connectivity index (χ1n) is 11.5. The first kappa shape index (κ1) is 29.5. The van der Waals surface area contributed by atoms with E-state index in [1.807, 2.05) is 0 Å². The predicted molar refractivity (Wildman–Crippen MR) is 144 cm³/mol. The summed E-state index contributed by atoms with van der Waals surface area (Å²) in [6, 6.07) is 8.21. The van der Waals surface area contributed by atoms with Crippen LogP contribution in [0, 0.1) is 13.8 Å². The first-order chi connectivity index (χ1) is 18.1. The quantitative estimate of drug-likeness (QED) is 0.336. The molecule has 14 heteroatoms. The summed E-state index contributed by atoms with van der Waals surface area (Å²) in [6.07, 6.45) is -3.06. The Labute approximate surface area is 224 Å². The van der Waals surface area contributed by atoms with Crippen LogP contribution in [0.3, 0.4) is 0 Å². The summed E-state index contributed by atoms with van der Waals surface area (Å²) in [4.78, 5) is 19.3. The third-order valence-corrected chi connectivity index (χ3v) is 6.91. The number of hydrogen-bond donors (Lipinski definition) is 3. The molecule has 3 aromatic rings. The van der Waals surface area contributed by atoms with Crippen molar-refractivity contribution in [3.63, 3.8) is 0 Å². The fourth-order valence-corrected chi connectivity index (χ4v) is 4.19. The van der Waals surface area contributed by atoms with Crippen LogP contribution in [0.25, 0.3) is 0 Å². The molecule has 1 amide bonds. The molecular formula is C25H29F3N6O4S. The van der Waals surface area contributed by atoms with Crippen LogP contribution in [0.1, 0.15) is 29.2 Å². The molecule has 39 heavy (non-hydrogen) atoms. The van der Waals surface area contributed by atoms with Crippen molar-refractivity contribution in [1.82, 2.24) is 9.97 Å². The zero-order valence-electron chi connectivity index (χ0n) is 22.2. The van der Waals surface area contributed by atoms with E-state index in [9.17, 15) is 26.4 Å². The van der Waals surface area contributed by atoms with Crippen LogP contribution in [-0.2, 0) is 27.5 Å². The van der Waals surface area contributed by atoms with E-state index in [4.69, 9.17) is 4.74 Å². The zero-order chi connectivity index (χ0) is 29.1. The zero-order valence-corrected chi connectivity index (χ0v) is 23.0. The van der Waals surface area contributed by atoms with Crippen molar-refractivity contribution in [1.29, 1.82) is 0 Å². The van der Waals surface area contributed by atoms with Gasteiger partial charge in [-0.25, -0.2) is 13.4 Å². The molecule has 0 aliphatic heterocycles. The maximum Gasteiger partial charge on any atom is 0.421 e. The number of alkyl halides is 3. The average Bonchev–Trinajstić information content (AvgIpc) is 2.83. The van der Waals surface area contributed by atoms with E-state index in [1.54, 1.807) is 44.2 Å². The summed E-state index contributed by atoms with van der Waals surface area (Å²) < 4.78 is 72.0. The Balaban J connectivity index is 1.98. The average molecular weight is 567 g/mol. The van der Waals surface area contributed by atoms with E-state index in [0.29, 0.717) is 40.1 Å². The van der Waals surface area contributed by atoms with Crippen LogP contribution in [0.2, 0.25) is 0 Å². The molecule has 1 aromatic heterocycles. The number of ether oxygens (including phenoxy) is 1. The van der Waals surface area contributed by atoms with Gasteiger partial charge in [-0.3, -0.25) is 9.10 Å². The minimum absolute atomic E-state index is 0.145. The number of sulfonamides is 1. The van der Waals surface area contributed by atoms with Gasteiger partial charge in [-0.05, 0) is 42.7 Å². The second-order valence-electron chi connectivity index (χ2n) is 8.84. The molecule has 210 valence electrons. The number of hydrogen-bond acceptors (Lipinski definition) is 8. The van der Waals surface area contributed by atoms with E-state index in [2.05, 4.69) is 25.9 Å². The smallest absolute Gasteiger partial charge is 0.421 e. The summed E-state index contributed by atoms with van der Waals surface area (Å²) in [7, 11) is -0.843. The lowest BCUT2D eigenvalue weighted by molar-refractivity contribution is -0.137. The fraction of sp³-hybridized carbons (Fsp3) is 0.320. The maximum atomic E-state index is 13.8. The van der Waals surface area contributed by atoms with Crippen LogP contribution in [0.5, 0.6) is 5.75 Å². The molecule has 1 heterocycles. The number of nitrogens with zero attached hydrogens (tertiary/aromatic N) is 3. The van der Waals surface area contributed by atoms with Gasteiger partial charge in [0.2, 0.25) is 21.9 Å². The molecular weight excluding hydrogens is 537 g/mol. The van der Waals surface area contributed by atoms with Crippen molar-refractivity contribution in [2.24, 2.45) is 0 Å². The number of aromatic nitrogens is 2. The molecule has 0 bridgehead atoms. The number of benzene rings is 2. The van der Waals surface area contributed by atoms with Gasteiger partial charge in [-0.15, -0.1) is 0 Å². The summed E-state index contributed by atoms with van der Waals surface area (Å²) in [6.45, 7) is 4.73. The van der Waals surface area contributed by atoms with Crippen LogP contribution in [-0.4, -0.2) is 44.7 Å². The highest BCUT2D eigenvalue weighted by Gasteiger charge is 2.35. The minimum atomic E-state index is -4.76. The van der Waals surface area contributed by atoms with E-state index < -0.39 is 27.6 Å². The summed E-state index contributed by atoms with van der Waals surface area (Å²) in [5.74, 6) is -0.621. The van der Waals surface area contributed by atoms with Gasteiger partial charge in [0.25, 0.3) is 0 Å². The second kappa shape index (κ2) is 11.4. The van der Waals surface area contributed by atoms with Gasteiger partial charge in [0.1, 0.15) is 17.1 Å². The molecule has 0 saturated heterocycles. The number of anilines is 5. The van der Waals surface area contributed by atoms with E-state index >= 15 is 0 Å². The van der Waals surface area contributed by atoms with Crippen molar-refractivity contribution in [2.45, 2.75) is 33.5 Å². The lowest BCUT2D eigenvalue weighted by Crippen LogP contribution is -2.26. The van der Waals surface area contributed by atoms with Crippen LogP contribution in [0.4, 0.5) is 42.0 Å². The minimum Gasteiger partial charge on any atom is -0.494 e. The molecule has 0 saturated carbocycles. The van der Waals surface area contributed by atoms with Crippen LogP contribution in [0.15, 0.2) is 36.5 Å². The lowest BCUT2D eigenvalue weighted by atomic mass is 10.1. The SMILES string of the molecule is COc1cc(NC(C)=O)c(C)cc1Nc1ncc(C(F)(F)F)c(NCc2ccc(C)cc2N(C)S(C)(=O)=O)n1. The number of halogens is 3. The third kappa shape index (κ3) is 7.28. The molecule has 0 unspecified atom stereocenters. The summed E-state index contributed by atoms with van der Waals surface area (Å²) >= 11 is 0. The number of rotatable bonds is 9. The van der Waals surface area contributed by atoms with Crippen LogP contribution >= 0.6 is 0 Å². The Hall–Kier alpha value is -4.07. The fourth-order valence-electron chi connectivity index (χ4n) is 3.66. The highest BCUT2D eigenvalue weighted by molar-refractivity contribution is 7.92. The number of aryl methyl sites for hydroxylation is 2. The van der Waals surface area contributed by atoms with Gasteiger partial charge < -0.3 is 20.7 Å². The Morgan fingerprint density at radius 2 is 1.82 bits per heavy atom. The molecule has 3 N–H and O–H groups in total. The molecule has 2 aromatic carbocycles. The van der Waals surface area contributed by atoms with Gasteiger partial charge in [-0.2, -0.15) is 18.2 Å². The maximum absolute atomic E-state index is 13.8. The monoisotopic (exact) mass is 566 g/mol. The van der Waals surface area contributed by atoms with Crippen molar-refractivity contribution >= 4 is 44.8 Å². The Morgan fingerprint density at radius 1 is 1.13 bits per heavy atom. The highest BCUT2D eigenvalue weighted by Crippen LogP contribution is 2.36. The molecule has 0 fully saturated rings. The molecule has 0 radical (unpaired) electrons. The molecule has 0 aliphatic carbocycles. The lowest BCUT2D eigenvalue weighted by Gasteiger charge is -2.22. The van der Waals surface area contributed by atoms with Crippen molar-refractivity contribution in [2.75, 3.05) is 40.7 Å². The molecule has 0 spiro atoms. The van der Waals surface area contributed by atoms with Gasteiger partial charge in [0, 0.05) is 38.5 Å². The number of carbonyl (C=O) groups excluding carboxylic acids is 1. The summed E-state index contributed by atoms with van der Waals surface area (Å²) in [5.41, 5.74) is 2.00. The third-order valence-electron chi connectivity index (χ3n) is 5.72. The number of nitrogens with one attached hydrogen (secondary N) is 3. The number of methoxy groups -OCH3 is 1. The van der Waals surface area contributed by atoms with E-state index in [0.717, 1.165) is 16.1 Å². The van der Waals surface area contributed by atoms with Crippen molar-refractivity contribution in [3.8, 4) is 5.75 Å². The Bertz CT molecular complexity index is 1500. The van der Waals surface area contributed by atoms with Gasteiger partial charge in [0.05, 0.1) is 24.7 Å². The Morgan fingerprint density at radius 3 is 2.41 bits per heavy atom. The first-order valence-corrected chi connectivity index (χ1v) is 13.4. The van der Waals surface area contributed by atoms with E-state index in [-0.39, 0.29) is 18.4 Å². The van der Waals surface area contributed by atoms with Crippen molar-refractivity contribution < 1.29 is 31.1 Å². The standard InChI is InChI=1S/C25H29F3N6O4S/c1-14-7-8-17(21(9-14)34(4)39(6,36)37)12-29-23-18(25(26,27)28)13-30-24(33-23)32-20-10-15(2)19(31-16(3)35)11-22(20)38-5/h7-11,13H,12H2,1-6H3,(H,31,35)(H2,29,30,32,33). The van der Waals surface area contributed by atoms with Gasteiger partial charge in [0.15, 0.2) is 0 Å². The van der Waals surface area contributed by atoms with Crippen LogP contribution < -0.4 is 25.0 Å². The van der Waals surface area contributed by atoms with Gasteiger partial charge in [-0.1, -0.05) is 12.1 Å². The number of amides is 1. The normalized spacial score (nSPS) is 11.6. The number of carbonyl (C=O) groups is 1. The summed E-state index contributed by atoms with van der Waals surface area (Å²) in [5, 5.41) is 8.23. The van der Waals surface area contributed by atoms with E-state index in [1.165, 1.54) is 21.1 Å². The topological polar surface area (TPSA) is 126 Å². The molecule has 0 atom stereocenters. The molecule has 0 aliphatic rings. The highest BCUT2D eigenvalue weighted by atomic mass is 32.2. The Kier molecular flexibility index (Phi) is 8.58. The van der Waals surface area contributed by atoms with Crippen molar-refractivity contribution in [3.05, 3.63) is 58.8 Å². The second-order valence-corrected chi connectivity index (χ2v) is 10.9.